The van der Waals surface area contributed by atoms with E-state index in [0.717, 1.165) is 0 Å². The molecule has 0 aliphatic heterocycles. The molecule has 0 saturated carbocycles. The molecule has 0 aliphatic carbocycles. The van der Waals surface area contributed by atoms with E-state index in [0.29, 0.717) is 33.4 Å². The average Bonchev–Trinajstić information content (AvgIpc) is 2.61. The van der Waals surface area contributed by atoms with E-state index >= 15 is 0 Å². The van der Waals surface area contributed by atoms with Crippen LogP contribution in [0.4, 0.5) is 0 Å². The summed E-state index contributed by atoms with van der Waals surface area (Å²) in [5, 5.41) is 4.31. The number of hydrazone groups is 1. The van der Waals surface area contributed by atoms with Gasteiger partial charge in [0.15, 0.2) is 11.5 Å². The van der Waals surface area contributed by atoms with Crippen molar-refractivity contribution in [2.24, 2.45) is 5.10 Å². The van der Waals surface area contributed by atoms with Crippen molar-refractivity contribution in [2.75, 3.05) is 21.3 Å². The quantitative estimate of drug-likeness (QED) is 0.643. The number of nitrogens with one attached hydrogen (secondary N) is 1. The first kappa shape index (κ1) is 17.6. The van der Waals surface area contributed by atoms with Gasteiger partial charge in [-0.05, 0) is 35.9 Å². The minimum Gasteiger partial charge on any atom is -0.497 e. The Bertz CT molecular complexity index is 762. The fourth-order valence-electron chi connectivity index (χ4n) is 2.01. The van der Waals surface area contributed by atoms with Crippen LogP contribution in [0.2, 0.25) is 5.02 Å². The number of benzene rings is 2. The smallest absolute Gasteiger partial charge is 0.271 e. The predicted molar refractivity (Wildman–Crippen MR) is 92.6 cm³/mol. The van der Waals surface area contributed by atoms with Crippen molar-refractivity contribution in [3.63, 3.8) is 0 Å². The second kappa shape index (κ2) is 8.21. The molecular formula is C17H17ClN2O4. The van der Waals surface area contributed by atoms with E-state index in [-0.39, 0.29) is 5.91 Å². The third kappa shape index (κ3) is 4.17. The van der Waals surface area contributed by atoms with Crippen LogP contribution < -0.4 is 19.6 Å². The topological polar surface area (TPSA) is 69.2 Å². The highest BCUT2D eigenvalue weighted by Crippen LogP contribution is 2.35. The van der Waals surface area contributed by atoms with Crippen LogP contribution >= 0.6 is 11.6 Å². The zero-order chi connectivity index (χ0) is 17.5. The van der Waals surface area contributed by atoms with Gasteiger partial charge in [-0.3, -0.25) is 4.79 Å². The van der Waals surface area contributed by atoms with Gasteiger partial charge >= 0.3 is 0 Å². The molecule has 0 radical (unpaired) electrons. The maximum absolute atomic E-state index is 12.0. The van der Waals surface area contributed by atoms with E-state index in [1.54, 1.807) is 36.4 Å². The fraction of sp³-hybridized carbons (Fsp3) is 0.176. The van der Waals surface area contributed by atoms with Gasteiger partial charge in [0.1, 0.15) is 5.75 Å². The van der Waals surface area contributed by atoms with Gasteiger partial charge in [0.25, 0.3) is 5.91 Å². The lowest BCUT2D eigenvalue weighted by Crippen LogP contribution is -2.17. The Labute approximate surface area is 145 Å². The molecule has 0 fully saturated rings. The zero-order valence-electron chi connectivity index (χ0n) is 13.5. The number of nitrogens with zero attached hydrogens (tertiary/aromatic N) is 1. The summed E-state index contributed by atoms with van der Waals surface area (Å²) >= 11 is 6.12. The van der Waals surface area contributed by atoms with E-state index in [1.807, 2.05) is 0 Å². The van der Waals surface area contributed by atoms with Gasteiger partial charge in [-0.15, -0.1) is 0 Å². The highest BCUT2D eigenvalue weighted by Gasteiger charge is 2.10. The fourth-order valence-corrected chi connectivity index (χ4v) is 2.30. The summed E-state index contributed by atoms with van der Waals surface area (Å²) in [7, 11) is 4.56. The second-order valence-electron chi connectivity index (χ2n) is 4.67. The molecule has 2 aromatic carbocycles. The number of methoxy groups -OCH3 is 3. The Balaban J connectivity index is 2.11. The summed E-state index contributed by atoms with van der Waals surface area (Å²) in [4.78, 5) is 12.0. The summed E-state index contributed by atoms with van der Waals surface area (Å²) < 4.78 is 15.4. The Morgan fingerprint density at radius 1 is 1.12 bits per heavy atom. The van der Waals surface area contributed by atoms with Crippen molar-refractivity contribution in [2.45, 2.75) is 0 Å². The monoisotopic (exact) mass is 348 g/mol. The molecule has 126 valence electrons. The van der Waals surface area contributed by atoms with Crippen LogP contribution in [0.25, 0.3) is 0 Å². The molecule has 2 aromatic rings. The molecule has 2 rings (SSSR count). The Hall–Kier alpha value is -2.73. The highest BCUT2D eigenvalue weighted by atomic mass is 35.5. The van der Waals surface area contributed by atoms with E-state index in [1.165, 1.54) is 27.5 Å². The molecule has 0 heterocycles. The van der Waals surface area contributed by atoms with Crippen LogP contribution in [0, 0.1) is 0 Å². The van der Waals surface area contributed by atoms with Gasteiger partial charge in [0.2, 0.25) is 0 Å². The van der Waals surface area contributed by atoms with E-state index in [4.69, 9.17) is 25.8 Å². The summed E-state index contributed by atoms with van der Waals surface area (Å²) in [6.45, 7) is 0. The van der Waals surface area contributed by atoms with Gasteiger partial charge in [-0.25, -0.2) is 5.43 Å². The molecule has 6 nitrogen and oxygen atoms in total. The van der Waals surface area contributed by atoms with Crippen LogP contribution in [0.3, 0.4) is 0 Å². The van der Waals surface area contributed by atoms with Gasteiger partial charge in [0, 0.05) is 5.56 Å². The van der Waals surface area contributed by atoms with E-state index in [2.05, 4.69) is 10.5 Å². The maximum atomic E-state index is 12.0. The SMILES string of the molecule is COc1cccc(C(=O)N/N=C/c2cc(Cl)c(OC)c(OC)c2)c1. The number of hydrogen-bond donors (Lipinski definition) is 1. The van der Waals surface area contributed by atoms with Crippen molar-refractivity contribution in [3.8, 4) is 17.2 Å². The number of amides is 1. The van der Waals surface area contributed by atoms with Crippen LogP contribution in [0.5, 0.6) is 17.2 Å². The molecule has 1 amide bonds. The van der Waals surface area contributed by atoms with Gasteiger partial charge < -0.3 is 14.2 Å². The molecule has 0 atom stereocenters. The lowest BCUT2D eigenvalue weighted by Gasteiger charge is -2.09. The summed E-state index contributed by atoms with van der Waals surface area (Å²) in [5.41, 5.74) is 3.54. The van der Waals surface area contributed by atoms with Crippen LogP contribution in [-0.4, -0.2) is 33.5 Å². The van der Waals surface area contributed by atoms with E-state index in [9.17, 15) is 4.79 Å². The van der Waals surface area contributed by atoms with Crippen LogP contribution in [-0.2, 0) is 0 Å². The summed E-state index contributed by atoms with van der Waals surface area (Å²) in [6.07, 6.45) is 1.46. The maximum Gasteiger partial charge on any atom is 0.271 e. The summed E-state index contributed by atoms with van der Waals surface area (Å²) in [5.74, 6) is 1.16. The summed E-state index contributed by atoms with van der Waals surface area (Å²) in [6, 6.07) is 10.1. The molecule has 0 unspecified atom stereocenters. The van der Waals surface area contributed by atoms with Crippen molar-refractivity contribution in [1.82, 2.24) is 5.43 Å². The Morgan fingerprint density at radius 3 is 2.58 bits per heavy atom. The van der Waals surface area contributed by atoms with Crippen molar-refractivity contribution in [3.05, 3.63) is 52.5 Å². The van der Waals surface area contributed by atoms with Crippen LogP contribution in [0.15, 0.2) is 41.5 Å². The molecule has 24 heavy (non-hydrogen) atoms. The minimum atomic E-state index is -0.350. The number of halogens is 1. The first-order valence-corrected chi connectivity index (χ1v) is 7.35. The van der Waals surface area contributed by atoms with Crippen molar-refractivity contribution in [1.29, 1.82) is 0 Å². The lowest BCUT2D eigenvalue weighted by molar-refractivity contribution is 0.0955. The standard InChI is InChI=1S/C17H17ClN2O4/c1-22-13-6-4-5-12(9-13)17(21)20-19-10-11-7-14(18)16(24-3)15(8-11)23-2/h4-10H,1-3H3,(H,20,21)/b19-10+. The third-order valence-corrected chi connectivity index (χ3v) is 3.45. The lowest BCUT2D eigenvalue weighted by atomic mass is 10.2. The predicted octanol–water partition coefficient (Wildman–Crippen LogP) is 3.13. The van der Waals surface area contributed by atoms with Gasteiger partial charge in [-0.2, -0.15) is 5.10 Å². The largest absolute Gasteiger partial charge is 0.497 e. The number of hydrogen-bond acceptors (Lipinski definition) is 5. The number of rotatable bonds is 6. The van der Waals surface area contributed by atoms with Crippen molar-refractivity contribution >= 4 is 23.7 Å². The second-order valence-corrected chi connectivity index (χ2v) is 5.08. The average molecular weight is 349 g/mol. The normalized spacial score (nSPS) is 10.5. The highest BCUT2D eigenvalue weighted by molar-refractivity contribution is 6.32. The molecule has 0 saturated heterocycles. The number of carbonyl (C=O) groups excluding carboxylic acids is 1. The first-order chi connectivity index (χ1) is 11.6. The van der Waals surface area contributed by atoms with Crippen LogP contribution in [0.1, 0.15) is 15.9 Å². The Morgan fingerprint density at radius 2 is 1.92 bits per heavy atom. The van der Waals surface area contributed by atoms with E-state index < -0.39 is 0 Å². The molecule has 7 heteroatoms. The molecule has 0 aliphatic rings. The minimum absolute atomic E-state index is 0.350. The molecule has 0 aromatic heterocycles. The molecule has 1 N–H and O–H groups in total. The number of carbonyl (C=O) groups is 1. The molecule has 0 bridgehead atoms. The van der Waals surface area contributed by atoms with Gasteiger partial charge in [-0.1, -0.05) is 17.7 Å². The zero-order valence-corrected chi connectivity index (χ0v) is 14.3. The molecular weight excluding hydrogens is 332 g/mol. The number of ether oxygens (including phenoxy) is 3. The Kier molecular flexibility index (Phi) is 6.03. The first-order valence-electron chi connectivity index (χ1n) is 6.98. The van der Waals surface area contributed by atoms with Gasteiger partial charge in [0.05, 0.1) is 32.6 Å². The van der Waals surface area contributed by atoms with Crippen molar-refractivity contribution < 1.29 is 19.0 Å². The third-order valence-electron chi connectivity index (χ3n) is 3.17. The molecule has 0 spiro atoms.